The number of ether oxygens (including phenoxy) is 1. The Kier molecular flexibility index (Phi) is 8.93. The van der Waals surface area contributed by atoms with E-state index in [1.807, 2.05) is 68.4 Å². The second kappa shape index (κ2) is 12.9. The van der Waals surface area contributed by atoms with Crippen LogP contribution in [0.3, 0.4) is 0 Å². The molecule has 6 rings (SSSR count). The van der Waals surface area contributed by atoms with Crippen LogP contribution < -0.4 is 9.64 Å². The molecule has 0 fully saturated rings. The van der Waals surface area contributed by atoms with Gasteiger partial charge >= 0.3 is 0 Å². The Morgan fingerprint density at radius 1 is 0.405 bits per heavy atom. The van der Waals surface area contributed by atoms with Crippen molar-refractivity contribution in [1.82, 2.24) is 0 Å². The van der Waals surface area contributed by atoms with E-state index in [-0.39, 0.29) is 0 Å². The summed E-state index contributed by atoms with van der Waals surface area (Å²) in [4.78, 5) is 2.21. The minimum atomic E-state index is 0.851. The van der Waals surface area contributed by atoms with Gasteiger partial charge in [0.1, 0.15) is 5.75 Å². The van der Waals surface area contributed by atoms with Gasteiger partial charge in [-0.3, -0.25) is 0 Å². The molecule has 0 N–H and O–H groups in total. The Hall–Kier alpha value is -4.56. The molecule has 184 valence electrons. The molecule has 0 saturated carbocycles. The van der Waals surface area contributed by atoms with E-state index in [4.69, 9.17) is 4.74 Å². The van der Waals surface area contributed by atoms with Gasteiger partial charge in [0, 0.05) is 23.1 Å². The van der Waals surface area contributed by atoms with Gasteiger partial charge in [0.25, 0.3) is 0 Å². The lowest BCUT2D eigenvalue weighted by atomic mass is 10.0. The van der Waals surface area contributed by atoms with E-state index >= 15 is 0 Å². The van der Waals surface area contributed by atoms with Gasteiger partial charge in [0.2, 0.25) is 0 Å². The minimum absolute atomic E-state index is 0.851. The maximum atomic E-state index is 5.35. The van der Waals surface area contributed by atoms with Crippen molar-refractivity contribution < 1.29 is 4.74 Å². The Morgan fingerprint density at radius 2 is 0.784 bits per heavy atom. The third-order valence-corrected chi connectivity index (χ3v) is 5.95. The number of fused-ring (bicyclic) bond motifs is 2. The molecule has 0 aliphatic rings. The summed E-state index contributed by atoms with van der Waals surface area (Å²) < 4.78 is 5.35. The molecule has 0 bridgehead atoms. The standard InChI is InChI=1S/C19H17NO.C14H10.C2H6/c1-21-19-14-8-13-18(15-19)20(16-9-4-2-5-10-16)17-11-6-3-7-12-17;1-2-6-12-10-14-8-4-3-7-13(14)9-11(12)5-1;1-2/h2-15H,1H3;1-10H;1-2H3. The van der Waals surface area contributed by atoms with E-state index in [1.165, 1.54) is 21.5 Å². The SMILES string of the molecule is CC.COc1cccc(N(c2ccccc2)c2ccccc2)c1.c1ccc2cc3ccccc3cc2c1. The first kappa shape index (κ1) is 25.5. The van der Waals surface area contributed by atoms with Crippen LogP contribution in [-0.4, -0.2) is 7.11 Å². The van der Waals surface area contributed by atoms with Crippen molar-refractivity contribution in [2.24, 2.45) is 0 Å². The van der Waals surface area contributed by atoms with E-state index in [0.29, 0.717) is 0 Å². The summed E-state index contributed by atoms with van der Waals surface area (Å²) in [5.41, 5.74) is 3.32. The average molecular weight is 484 g/mol. The number of benzene rings is 6. The lowest BCUT2D eigenvalue weighted by molar-refractivity contribution is 0.415. The van der Waals surface area contributed by atoms with Gasteiger partial charge in [-0.25, -0.2) is 0 Å². The summed E-state index contributed by atoms with van der Waals surface area (Å²) in [5, 5.41) is 5.25. The van der Waals surface area contributed by atoms with E-state index in [1.54, 1.807) is 7.11 Å². The molecule has 0 saturated heterocycles. The predicted molar refractivity (Wildman–Crippen MR) is 160 cm³/mol. The van der Waals surface area contributed by atoms with Gasteiger partial charge in [-0.05, 0) is 70.1 Å². The van der Waals surface area contributed by atoms with Gasteiger partial charge in [0.05, 0.1) is 7.11 Å². The highest BCUT2D eigenvalue weighted by atomic mass is 16.5. The second-order valence-electron chi connectivity index (χ2n) is 8.25. The molecule has 6 aromatic carbocycles. The summed E-state index contributed by atoms with van der Waals surface area (Å²) in [6, 6.07) is 50.2. The van der Waals surface area contributed by atoms with Gasteiger partial charge in [-0.1, -0.05) is 105 Å². The lowest BCUT2D eigenvalue weighted by Gasteiger charge is -2.25. The van der Waals surface area contributed by atoms with E-state index in [9.17, 15) is 0 Å². The number of para-hydroxylation sites is 2. The molecule has 0 atom stereocenters. The lowest BCUT2D eigenvalue weighted by Crippen LogP contribution is -2.09. The molecule has 6 aromatic rings. The normalized spacial score (nSPS) is 10.0. The summed E-state index contributed by atoms with van der Waals surface area (Å²) >= 11 is 0. The largest absolute Gasteiger partial charge is 0.497 e. The molecule has 0 amide bonds. The first-order valence-corrected chi connectivity index (χ1v) is 12.7. The van der Waals surface area contributed by atoms with Crippen molar-refractivity contribution in [2.45, 2.75) is 13.8 Å². The van der Waals surface area contributed by atoms with E-state index < -0.39 is 0 Å². The van der Waals surface area contributed by atoms with E-state index in [2.05, 4.69) is 95.9 Å². The van der Waals surface area contributed by atoms with Crippen LogP contribution >= 0.6 is 0 Å². The van der Waals surface area contributed by atoms with Crippen molar-refractivity contribution in [3.05, 3.63) is 146 Å². The third kappa shape index (κ3) is 6.36. The minimum Gasteiger partial charge on any atom is -0.497 e. The molecule has 0 spiro atoms. The van der Waals surface area contributed by atoms with Crippen molar-refractivity contribution in [3.63, 3.8) is 0 Å². The molecule has 2 nitrogen and oxygen atoms in total. The highest BCUT2D eigenvalue weighted by Crippen LogP contribution is 2.35. The van der Waals surface area contributed by atoms with Crippen LogP contribution in [0.5, 0.6) is 5.75 Å². The number of hydrogen-bond donors (Lipinski definition) is 0. The molecule has 0 heterocycles. The summed E-state index contributed by atoms with van der Waals surface area (Å²) in [5.74, 6) is 0.851. The monoisotopic (exact) mass is 483 g/mol. The van der Waals surface area contributed by atoms with Crippen LogP contribution in [0.2, 0.25) is 0 Å². The summed E-state index contributed by atoms with van der Waals surface area (Å²) in [6.07, 6.45) is 0. The van der Waals surface area contributed by atoms with Crippen LogP contribution in [0.4, 0.5) is 17.1 Å². The van der Waals surface area contributed by atoms with Crippen LogP contribution in [0.1, 0.15) is 13.8 Å². The van der Waals surface area contributed by atoms with Crippen LogP contribution in [0, 0.1) is 0 Å². The Labute approximate surface area is 220 Å². The van der Waals surface area contributed by atoms with Gasteiger partial charge in [-0.15, -0.1) is 0 Å². The fraction of sp³-hybridized carbons (Fsp3) is 0.0857. The van der Waals surface area contributed by atoms with E-state index in [0.717, 1.165) is 22.8 Å². The van der Waals surface area contributed by atoms with Crippen LogP contribution in [0.15, 0.2) is 146 Å². The maximum absolute atomic E-state index is 5.35. The predicted octanol–water partition coefficient (Wildman–Crippen LogP) is 10.2. The summed E-state index contributed by atoms with van der Waals surface area (Å²) in [7, 11) is 1.69. The number of rotatable bonds is 4. The highest BCUT2D eigenvalue weighted by Gasteiger charge is 2.12. The zero-order valence-electron chi connectivity index (χ0n) is 21.7. The first-order valence-electron chi connectivity index (χ1n) is 12.7. The Bertz CT molecular complexity index is 1380. The fourth-order valence-corrected chi connectivity index (χ4v) is 4.23. The highest BCUT2D eigenvalue weighted by molar-refractivity contribution is 5.98. The molecule has 2 heteroatoms. The van der Waals surface area contributed by atoms with Crippen molar-refractivity contribution in [2.75, 3.05) is 12.0 Å². The van der Waals surface area contributed by atoms with Crippen LogP contribution in [0.25, 0.3) is 21.5 Å². The quantitative estimate of drug-likeness (QED) is 0.231. The van der Waals surface area contributed by atoms with Gasteiger partial charge in [0.15, 0.2) is 0 Å². The molecule has 0 aliphatic carbocycles. The Balaban J connectivity index is 0.000000173. The fourth-order valence-electron chi connectivity index (χ4n) is 4.23. The summed E-state index contributed by atoms with van der Waals surface area (Å²) in [6.45, 7) is 4.00. The average Bonchev–Trinajstić information content (AvgIpc) is 2.99. The molecule has 0 aliphatic heterocycles. The van der Waals surface area contributed by atoms with Gasteiger partial charge in [-0.2, -0.15) is 0 Å². The number of anilines is 3. The van der Waals surface area contributed by atoms with Crippen molar-refractivity contribution in [1.29, 1.82) is 0 Å². The number of nitrogens with zero attached hydrogens (tertiary/aromatic N) is 1. The number of hydrogen-bond acceptors (Lipinski definition) is 2. The maximum Gasteiger partial charge on any atom is 0.120 e. The molecular formula is C35H33NO. The third-order valence-electron chi connectivity index (χ3n) is 5.95. The molecule has 0 unspecified atom stereocenters. The molecular weight excluding hydrogens is 450 g/mol. The second-order valence-corrected chi connectivity index (χ2v) is 8.25. The number of methoxy groups -OCH3 is 1. The molecule has 37 heavy (non-hydrogen) atoms. The Morgan fingerprint density at radius 3 is 1.19 bits per heavy atom. The smallest absolute Gasteiger partial charge is 0.120 e. The first-order chi connectivity index (χ1) is 18.3. The zero-order chi connectivity index (χ0) is 25.9. The molecule has 0 radical (unpaired) electrons. The van der Waals surface area contributed by atoms with Crippen molar-refractivity contribution in [3.8, 4) is 5.75 Å². The topological polar surface area (TPSA) is 12.5 Å². The zero-order valence-corrected chi connectivity index (χ0v) is 21.7. The van der Waals surface area contributed by atoms with Crippen molar-refractivity contribution >= 4 is 38.6 Å². The van der Waals surface area contributed by atoms with Gasteiger partial charge < -0.3 is 9.64 Å². The van der Waals surface area contributed by atoms with Crippen LogP contribution in [-0.2, 0) is 0 Å². The molecule has 0 aromatic heterocycles.